The van der Waals surface area contributed by atoms with Gasteiger partial charge in [-0.15, -0.1) is 0 Å². The summed E-state index contributed by atoms with van der Waals surface area (Å²) in [4.78, 5) is 2.86. The maximum Gasteiger partial charge on any atom is 0.000496 e. The largest absolute Gasteiger partial charge is 0.368 e. The van der Waals surface area contributed by atoms with E-state index in [-0.39, 0.29) is 0 Å². The zero-order chi connectivity index (χ0) is 15.5. The number of allylic oxidation sites excluding steroid dienone is 1. The van der Waals surface area contributed by atoms with Gasteiger partial charge in [-0.25, -0.2) is 0 Å². The molecule has 5 rings (SSSR count). The van der Waals surface area contributed by atoms with E-state index >= 15 is 0 Å². The quantitative estimate of drug-likeness (QED) is 0.570. The lowest BCUT2D eigenvalue weighted by Gasteiger charge is -2.25. The lowest BCUT2D eigenvalue weighted by molar-refractivity contribution is 0.887. The fourth-order valence-corrected chi connectivity index (χ4v) is 3.68. The number of rotatable bonds is 0. The van der Waals surface area contributed by atoms with Crippen molar-refractivity contribution in [2.24, 2.45) is 0 Å². The second kappa shape index (κ2) is 6.29. The fraction of sp³-hybridized carbons (Fsp3) is 0.182. The number of hydrogen-bond acceptors (Lipinski definition) is 0. The second-order valence-electron chi connectivity index (χ2n) is 6.14. The first-order chi connectivity index (χ1) is 11.4. The van der Waals surface area contributed by atoms with Crippen molar-refractivity contribution in [3.63, 3.8) is 0 Å². The Hall–Kier alpha value is -2.54. The van der Waals surface area contributed by atoms with Crippen LogP contribution in [0.15, 0.2) is 67.0 Å². The van der Waals surface area contributed by atoms with E-state index in [2.05, 4.69) is 53.5 Å². The van der Waals surface area contributed by atoms with Gasteiger partial charge in [0.1, 0.15) is 0 Å². The Morgan fingerprint density at radius 2 is 1.57 bits per heavy atom. The molecule has 2 aromatic carbocycles. The van der Waals surface area contributed by atoms with Gasteiger partial charge in [-0.3, -0.25) is 0 Å². The molecule has 0 fully saturated rings. The van der Waals surface area contributed by atoms with Crippen LogP contribution in [0.5, 0.6) is 0 Å². The van der Waals surface area contributed by atoms with Crippen molar-refractivity contribution < 1.29 is 0 Å². The monoisotopic (exact) mass is 299 g/mol. The SMILES string of the molecule is C1=Cc2ccc3c(c2CC1)CCc1ccccc1-3.c1cc[nH]c1. The molecule has 2 aliphatic rings. The number of benzene rings is 2. The van der Waals surface area contributed by atoms with Crippen LogP contribution in [0.3, 0.4) is 0 Å². The minimum Gasteiger partial charge on any atom is -0.368 e. The molecule has 1 heteroatoms. The van der Waals surface area contributed by atoms with E-state index < -0.39 is 0 Å². The Kier molecular flexibility index (Phi) is 3.85. The summed E-state index contributed by atoms with van der Waals surface area (Å²) >= 11 is 0. The molecule has 0 saturated carbocycles. The molecule has 23 heavy (non-hydrogen) atoms. The number of nitrogens with one attached hydrogen (secondary N) is 1. The first kappa shape index (κ1) is 14.1. The van der Waals surface area contributed by atoms with Gasteiger partial charge >= 0.3 is 0 Å². The molecule has 0 amide bonds. The topological polar surface area (TPSA) is 15.8 Å². The Balaban J connectivity index is 0.000000233. The van der Waals surface area contributed by atoms with Crippen molar-refractivity contribution in [2.75, 3.05) is 0 Å². The highest BCUT2D eigenvalue weighted by Gasteiger charge is 2.20. The molecule has 0 spiro atoms. The molecule has 0 radical (unpaired) electrons. The molecular formula is C22H21N. The van der Waals surface area contributed by atoms with Gasteiger partial charge in [0.25, 0.3) is 0 Å². The van der Waals surface area contributed by atoms with E-state index in [1.165, 1.54) is 47.9 Å². The average molecular weight is 299 g/mol. The standard InChI is InChI=1S/C18H16.C4H5N/c1-3-7-15-13(5-1)9-11-18-16-8-4-2-6-14(16)10-12-17(15)18;1-2-4-5-3-1/h1-3,5-7,10,12H,4,8-9,11H2;1-5H. The number of aromatic amines is 1. The number of hydrogen-bond donors (Lipinski definition) is 1. The number of aromatic nitrogens is 1. The first-order valence-corrected chi connectivity index (χ1v) is 8.41. The summed E-state index contributed by atoms with van der Waals surface area (Å²) in [5.74, 6) is 0. The van der Waals surface area contributed by atoms with Crippen LogP contribution in [0.25, 0.3) is 17.2 Å². The summed E-state index contributed by atoms with van der Waals surface area (Å²) in [5, 5.41) is 0. The lowest BCUT2D eigenvalue weighted by atomic mass is 9.80. The molecule has 0 saturated heterocycles. The molecule has 0 atom stereocenters. The molecule has 0 aliphatic heterocycles. The molecular weight excluding hydrogens is 278 g/mol. The van der Waals surface area contributed by atoms with Gasteiger partial charge in [0.05, 0.1) is 0 Å². The zero-order valence-electron chi connectivity index (χ0n) is 13.3. The third kappa shape index (κ3) is 2.75. The van der Waals surface area contributed by atoms with Crippen LogP contribution in [-0.4, -0.2) is 4.98 Å². The summed E-state index contributed by atoms with van der Waals surface area (Å²) in [6, 6.07) is 17.4. The molecule has 2 aliphatic carbocycles. The van der Waals surface area contributed by atoms with Gasteiger partial charge in [-0.05, 0) is 71.2 Å². The van der Waals surface area contributed by atoms with E-state index in [1.807, 2.05) is 24.5 Å². The lowest BCUT2D eigenvalue weighted by Crippen LogP contribution is -2.09. The van der Waals surface area contributed by atoms with E-state index in [1.54, 1.807) is 11.1 Å². The van der Waals surface area contributed by atoms with Crippen molar-refractivity contribution in [1.82, 2.24) is 4.98 Å². The average Bonchev–Trinajstić information content (AvgIpc) is 3.21. The number of H-pyrrole nitrogens is 1. The van der Waals surface area contributed by atoms with Gasteiger partial charge in [0, 0.05) is 12.4 Å². The Labute approximate surface area is 137 Å². The smallest absolute Gasteiger partial charge is 0.000496 e. The Bertz CT molecular complexity index is 808. The third-order valence-electron chi connectivity index (χ3n) is 4.77. The summed E-state index contributed by atoms with van der Waals surface area (Å²) in [7, 11) is 0. The van der Waals surface area contributed by atoms with Gasteiger partial charge < -0.3 is 4.98 Å². The summed E-state index contributed by atoms with van der Waals surface area (Å²) in [6.45, 7) is 0. The van der Waals surface area contributed by atoms with Crippen LogP contribution in [0.4, 0.5) is 0 Å². The number of aryl methyl sites for hydroxylation is 1. The molecule has 3 aromatic rings. The molecule has 1 N–H and O–H groups in total. The van der Waals surface area contributed by atoms with Crippen molar-refractivity contribution in [1.29, 1.82) is 0 Å². The predicted octanol–water partition coefficient (Wildman–Crippen LogP) is 5.43. The summed E-state index contributed by atoms with van der Waals surface area (Å²) in [6.07, 6.45) is 13.2. The Morgan fingerprint density at radius 3 is 2.39 bits per heavy atom. The Morgan fingerprint density at radius 1 is 0.696 bits per heavy atom. The molecule has 1 nitrogen and oxygen atoms in total. The van der Waals surface area contributed by atoms with Crippen LogP contribution < -0.4 is 0 Å². The fourth-order valence-electron chi connectivity index (χ4n) is 3.68. The first-order valence-electron chi connectivity index (χ1n) is 8.41. The van der Waals surface area contributed by atoms with Gasteiger partial charge in [0.15, 0.2) is 0 Å². The van der Waals surface area contributed by atoms with E-state index in [0.717, 1.165) is 0 Å². The third-order valence-corrected chi connectivity index (χ3v) is 4.77. The van der Waals surface area contributed by atoms with E-state index in [9.17, 15) is 0 Å². The van der Waals surface area contributed by atoms with E-state index in [0.29, 0.717) is 0 Å². The summed E-state index contributed by atoms with van der Waals surface area (Å²) in [5.41, 5.74) is 9.10. The van der Waals surface area contributed by atoms with Crippen LogP contribution in [0.2, 0.25) is 0 Å². The maximum absolute atomic E-state index is 2.86. The van der Waals surface area contributed by atoms with Gasteiger partial charge in [0.2, 0.25) is 0 Å². The van der Waals surface area contributed by atoms with Gasteiger partial charge in [-0.1, -0.05) is 48.6 Å². The molecule has 114 valence electrons. The van der Waals surface area contributed by atoms with Crippen LogP contribution in [0.1, 0.15) is 28.7 Å². The highest BCUT2D eigenvalue weighted by atomic mass is 14.6. The molecule has 1 heterocycles. The molecule has 0 bridgehead atoms. The second-order valence-corrected chi connectivity index (χ2v) is 6.14. The van der Waals surface area contributed by atoms with Crippen molar-refractivity contribution in [2.45, 2.75) is 25.7 Å². The maximum atomic E-state index is 2.86. The van der Waals surface area contributed by atoms with E-state index in [4.69, 9.17) is 0 Å². The highest BCUT2D eigenvalue weighted by Crippen LogP contribution is 2.38. The minimum atomic E-state index is 1.20. The predicted molar refractivity (Wildman–Crippen MR) is 97.4 cm³/mol. The molecule has 1 aromatic heterocycles. The number of fused-ring (bicyclic) bond motifs is 5. The zero-order valence-corrected chi connectivity index (χ0v) is 13.3. The van der Waals surface area contributed by atoms with Crippen LogP contribution in [-0.2, 0) is 19.3 Å². The van der Waals surface area contributed by atoms with Crippen molar-refractivity contribution in [3.05, 3.63) is 89.3 Å². The van der Waals surface area contributed by atoms with Gasteiger partial charge in [-0.2, -0.15) is 0 Å². The highest BCUT2D eigenvalue weighted by molar-refractivity contribution is 5.77. The van der Waals surface area contributed by atoms with Crippen molar-refractivity contribution >= 4 is 6.08 Å². The van der Waals surface area contributed by atoms with Crippen molar-refractivity contribution in [3.8, 4) is 11.1 Å². The minimum absolute atomic E-state index is 1.20. The normalized spacial score (nSPS) is 14.1. The van der Waals surface area contributed by atoms with Crippen LogP contribution in [0, 0.1) is 0 Å². The molecule has 0 unspecified atom stereocenters. The van der Waals surface area contributed by atoms with Crippen LogP contribution >= 0.6 is 0 Å². The summed E-state index contributed by atoms with van der Waals surface area (Å²) < 4.78 is 0.